The number of esters is 1. The van der Waals surface area contributed by atoms with Crippen LogP contribution in [0.4, 0.5) is 11.8 Å². The highest BCUT2D eigenvalue weighted by Crippen LogP contribution is 2.17. The SMILES string of the molecule is COC(=O)CCN1CCN(c2nc(N)cc(Br)n2)CC1. The average Bonchev–Trinajstić information content (AvgIpc) is 2.44. The van der Waals surface area contributed by atoms with Crippen LogP contribution in [0, 0.1) is 0 Å². The molecule has 1 aliphatic rings. The quantitative estimate of drug-likeness (QED) is 0.629. The lowest BCUT2D eigenvalue weighted by Crippen LogP contribution is -2.47. The maximum Gasteiger partial charge on any atom is 0.306 e. The summed E-state index contributed by atoms with van der Waals surface area (Å²) >= 11 is 3.32. The zero-order chi connectivity index (χ0) is 14.5. The van der Waals surface area contributed by atoms with Gasteiger partial charge in [0.05, 0.1) is 13.5 Å². The van der Waals surface area contributed by atoms with E-state index in [4.69, 9.17) is 5.73 Å². The number of methoxy groups -OCH3 is 1. The number of anilines is 2. The largest absolute Gasteiger partial charge is 0.469 e. The summed E-state index contributed by atoms with van der Waals surface area (Å²) < 4.78 is 5.33. The molecule has 0 spiro atoms. The molecule has 2 rings (SSSR count). The van der Waals surface area contributed by atoms with Crippen LogP contribution in [0.5, 0.6) is 0 Å². The molecule has 7 nitrogen and oxygen atoms in total. The van der Waals surface area contributed by atoms with Crippen LogP contribution in [0.3, 0.4) is 0 Å². The molecule has 1 fully saturated rings. The van der Waals surface area contributed by atoms with Crippen molar-refractivity contribution in [2.75, 3.05) is 50.5 Å². The summed E-state index contributed by atoms with van der Waals surface area (Å²) in [5, 5.41) is 0. The molecule has 2 heterocycles. The molecule has 0 aliphatic carbocycles. The molecule has 0 aromatic carbocycles. The lowest BCUT2D eigenvalue weighted by molar-refractivity contribution is -0.141. The van der Waals surface area contributed by atoms with E-state index >= 15 is 0 Å². The molecule has 0 atom stereocenters. The van der Waals surface area contributed by atoms with E-state index < -0.39 is 0 Å². The van der Waals surface area contributed by atoms with Gasteiger partial charge >= 0.3 is 5.97 Å². The first-order chi connectivity index (χ1) is 9.58. The van der Waals surface area contributed by atoms with E-state index in [0.29, 0.717) is 22.8 Å². The van der Waals surface area contributed by atoms with Crippen LogP contribution < -0.4 is 10.6 Å². The van der Waals surface area contributed by atoms with E-state index in [1.54, 1.807) is 6.07 Å². The van der Waals surface area contributed by atoms with Gasteiger partial charge in [-0.3, -0.25) is 9.69 Å². The molecule has 8 heteroatoms. The summed E-state index contributed by atoms with van der Waals surface area (Å²) in [6.45, 7) is 4.09. The van der Waals surface area contributed by atoms with Gasteiger partial charge in [0, 0.05) is 38.8 Å². The number of carbonyl (C=O) groups is 1. The van der Waals surface area contributed by atoms with Crippen LogP contribution in [-0.2, 0) is 9.53 Å². The first kappa shape index (κ1) is 15.0. The number of halogens is 1. The van der Waals surface area contributed by atoms with Crippen LogP contribution in [-0.4, -0.2) is 60.7 Å². The summed E-state index contributed by atoms with van der Waals surface area (Å²) in [6.07, 6.45) is 0.427. The minimum Gasteiger partial charge on any atom is -0.469 e. The molecule has 0 radical (unpaired) electrons. The number of nitrogens with zero attached hydrogens (tertiary/aromatic N) is 4. The van der Waals surface area contributed by atoms with Crippen molar-refractivity contribution < 1.29 is 9.53 Å². The third-order valence-electron chi connectivity index (χ3n) is 3.22. The Bertz CT molecular complexity index is 457. The number of carbonyl (C=O) groups excluding carboxylic acids is 1. The number of nitrogen functional groups attached to an aromatic ring is 1. The molecule has 110 valence electrons. The highest BCUT2D eigenvalue weighted by Gasteiger charge is 2.20. The molecule has 1 saturated heterocycles. The second-order valence-electron chi connectivity index (χ2n) is 4.57. The lowest BCUT2D eigenvalue weighted by atomic mass is 10.3. The smallest absolute Gasteiger partial charge is 0.306 e. The fourth-order valence-corrected chi connectivity index (χ4v) is 2.48. The molecule has 0 unspecified atom stereocenters. The zero-order valence-electron chi connectivity index (χ0n) is 11.4. The van der Waals surface area contributed by atoms with Crippen molar-refractivity contribution in [2.24, 2.45) is 0 Å². The average molecular weight is 344 g/mol. The number of piperazine rings is 1. The van der Waals surface area contributed by atoms with Crippen LogP contribution in [0.25, 0.3) is 0 Å². The van der Waals surface area contributed by atoms with Crippen molar-refractivity contribution in [3.63, 3.8) is 0 Å². The van der Waals surface area contributed by atoms with E-state index in [1.807, 2.05) is 0 Å². The molecule has 0 bridgehead atoms. The first-order valence-corrected chi connectivity index (χ1v) is 7.22. The Morgan fingerprint density at radius 3 is 2.70 bits per heavy atom. The van der Waals surface area contributed by atoms with Gasteiger partial charge in [0.1, 0.15) is 10.4 Å². The van der Waals surface area contributed by atoms with Crippen LogP contribution >= 0.6 is 15.9 Å². The molecule has 1 aromatic heterocycles. The third-order valence-corrected chi connectivity index (χ3v) is 3.62. The molecule has 2 N–H and O–H groups in total. The Hall–Kier alpha value is -1.41. The Morgan fingerprint density at radius 2 is 2.10 bits per heavy atom. The maximum absolute atomic E-state index is 11.1. The predicted octanol–water partition coefficient (Wildman–Crippen LogP) is 0.506. The summed E-state index contributed by atoms with van der Waals surface area (Å²) in [6, 6.07) is 1.68. The van der Waals surface area contributed by atoms with Gasteiger partial charge in [-0.1, -0.05) is 0 Å². The highest BCUT2D eigenvalue weighted by atomic mass is 79.9. The number of rotatable bonds is 4. The van der Waals surface area contributed by atoms with E-state index in [2.05, 4.69) is 40.4 Å². The van der Waals surface area contributed by atoms with E-state index in [0.717, 1.165) is 32.7 Å². The Balaban J connectivity index is 1.86. The number of hydrogen-bond acceptors (Lipinski definition) is 7. The van der Waals surface area contributed by atoms with Gasteiger partial charge < -0.3 is 15.4 Å². The third kappa shape index (κ3) is 4.04. The van der Waals surface area contributed by atoms with Crippen molar-refractivity contribution >= 4 is 33.7 Å². The number of hydrogen-bond donors (Lipinski definition) is 1. The molecular weight excluding hydrogens is 326 g/mol. The van der Waals surface area contributed by atoms with Crippen molar-refractivity contribution in [1.29, 1.82) is 0 Å². The minimum absolute atomic E-state index is 0.171. The summed E-state index contributed by atoms with van der Waals surface area (Å²) in [5.74, 6) is 0.926. The van der Waals surface area contributed by atoms with Gasteiger partial charge in [0.15, 0.2) is 0 Å². The Morgan fingerprint density at radius 1 is 1.40 bits per heavy atom. The highest BCUT2D eigenvalue weighted by molar-refractivity contribution is 9.10. The van der Waals surface area contributed by atoms with Crippen LogP contribution in [0.1, 0.15) is 6.42 Å². The van der Waals surface area contributed by atoms with Gasteiger partial charge in [0.25, 0.3) is 0 Å². The van der Waals surface area contributed by atoms with Crippen LogP contribution in [0.2, 0.25) is 0 Å². The lowest BCUT2D eigenvalue weighted by Gasteiger charge is -2.34. The van der Waals surface area contributed by atoms with Gasteiger partial charge in [-0.05, 0) is 15.9 Å². The minimum atomic E-state index is -0.171. The van der Waals surface area contributed by atoms with Gasteiger partial charge in [-0.15, -0.1) is 0 Å². The number of aromatic nitrogens is 2. The number of nitrogens with two attached hydrogens (primary N) is 1. The Kier molecular flexibility index (Phi) is 5.13. The summed E-state index contributed by atoms with van der Waals surface area (Å²) in [7, 11) is 1.41. The van der Waals surface area contributed by atoms with Crippen molar-refractivity contribution in [1.82, 2.24) is 14.9 Å². The molecule has 0 saturated carbocycles. The van der Waals surface area contributed by atoms with Crippen molar-refractivity contribution in [2.45, 2.75) is 6.42 Å². The van der Waals surface area contributed by atoms with Crippen LogP contribution in [0.15, 0.2) is 10.7 Å². The summed E-state index contributed by atoms with van der Waals surface area (Å²) in [5.41, 5.74) is 5.72. The standard InChI is InChI=1S/C12H18BrN5O2/c1-20-11(19)2-3-17-4-6-18(7-5-17)12-15-9(13)8-10(14)16-12/h8H,2-7H2,1H3,(H2,14,15,16). The molecule has 1 aliphatic heterocycles. The van der Waals surface area contributed by atoms with E-state index in [9.17, 15) is 4.79 Å². The molecular formula is C12H18BrN5O2. The topological polar surface area (TPSA) is 84.6 Å². The normalized spacial score (nSPS) is 16.2. The second kappa shape index (κ2) is 6.85. The van der Waals surface area contributed by atoms with Crippen molar-refractivity contribution in [3.8, 4) is 0 Å². The molecule has 20 heavy (non-hydrogen) atoms. The monoisotopic (exact) mass is 343 g/mol. The summed E-state index contributed by atoms with van der Waals surface area (Å²) in [4.78, 5) is 24.0. The first-order valence-electron chi connectivity index (χ1n) is 6.42. The molecule has 1 aromatic rings. The van der Waals surface area contributed by atoms with Gasteiger partial charge in [-0.2, -0.15) is 4.98 Å². The predicted molar refractivity (Wildman–Crippen MR) is 79.4 cm³/mol. The van der Waals surface area contributed by atoms with Crippen molar-refractivity contribution in [3.05, 3.63) is 10.7 Å². The second-order valence-corrected chi connectivity index (χ2v) is 5.38. The molecule has 0 amide bonds. The zero-order valence-corrected chi connectivity index (χ0v) is 13.0. The fourth-order valence-electron chi connectivity index (χ4n) is 2.09. The Labute approximate surface area is 126 Å². The fraction of sp³-hybridized carbons (Fsp3) is 0.583. The number of ether oxygens (including phenoxy) is 1. The maximum atomic E-state index is 11.1. The van der Waals surface area contributed by atoms with Gasteiger partial charge in [0.2, 0.25) is 5.95 Å². The van der Waals surface area contributed by atoms with Gasteiger partial charge in [-0.25, -0.2) is 4.98 Å². The van der Waals surface area contributed by atoms with E-state index in [1.165, 1.54) is 7.11 Å². The van der Waals surface area contributed by atoms with E-state index in [-0.39, 0.29) is 5.97 Å².